The van der Waals surface area contributed by atoms with Crippen LogP contribution in [-0.4, -0.2) is 26.4 Å². The van der Waals surface area contributed by atoms with Crippen LogP contribution in [0, 0.1) is 6.92 Å². The largest absolute Gasteiger partial charge is 0.486 e. The average Bonchev–Trinajstić information content (AvgIpc) is 3.42. The number of aromatic nitrogens is 3. The molecular formula is C23H21BrN4O3S. The number of anilines is 1. The van der Waals surface area contributed by atoms with E-state index in [0.29, 0.717) is 17.5 Å². The van der Waals surface area contributed by atoms with E-state index in [1.807, 2.05) is 72.2 Å². The molecule has 0 spiro atoms. The normalized spacial score (nSPS) is 10.8. The fourth-order valence-electron chi connectivity index (χ4n) is 2.93. The van der Waals surface area contributed by atoms with Gasteiger partial charge in [0.2, 0.25) is 5.91 Å². The Labute approximate surface area is 198 Å². The summed E-state index contributed by atoms with van der Waals surface area (Å²) in [5.41, 5.74) is 1.90. The Morgan fingerprint density at radius 1 is 1.16 bits per heavy atom. The van der Waals surface area contributed by atoms with Crippen molar-refractivity contribution in [1.82, 2.24) is 14.8 Å². The number of thioether (sulfide) groups is 1. The lowest BCUT2D eigenvalue weighted by molar-refractivity contribution is -0.113. The fourth-order valence-corrected chi connectivity index (χ4v) is 4.08. The van der Waals surface area contributed by atoms with Gasteiger partial charge in [-0.1, -0.05) is 51.5 Å². The van der Waals surface area contributed by atoms with Crippen LogP contribution in [-0.2, 0) is 17.9 Å². The second-order valence-corrected chi connectivity index (χ2v) is 8.87. The molecular weight excluding hydrogens is 492 g/mol. The molecule has 2 aromatic heterocycles. The lowest BCUT2D eigenvalue weighted by atomic mass is 10.2. The van der Waals surface area contributed by atoms with E-state index in [4.69, 9.17) is 9.15 Å². The van der Waals surface area contributed by atoms with Gasteiger partial charge in [-0.05, 0) is 49.4 Å². The van der Waals surface area contributed by atoms with Crippen molar-refractivity contribution < 1.29 is 13.9 Å². The van der Waals surface area contributed by atoms with Gasteiger partial charge in [-0.3, -0.25) is 9.36 Å². The fraction of sp³-hybridized carbons (Fsp3) is 0.174. The molecule has 164 valence electrons. The van der Waals surface area contributed by atoms with Crippen molar-refractivity contribution in [3.8, 4) is 5.75 Å². The number of halogens is 1. The van der Waals surface area contributed by atoms with Gasteiger partial charge < -0.3 is 14.5 Å². The minimum atomic E-state index is -0.127. The number of hydrogen-bond donors (Lipinski definition) is 1. The summed E-state index contributed by atoms with van der Waals surface area (Å²) in [4.78, 5) is 12.4. The maximum Gasteiger partial charge on any atom is 0.234 e. The highest BCUT2D eigenvalue weighted by atomic mass is 79.9. The summed E-state index contributed by atoms with van der Waals surface area (Å²) >= 11 is 4.72. The molecule has 0 aliphatic carbocycles. The number of hydrogen-bond acceptors (Lipinski definition) is 6. The summed E-state index contributed by atoms with van der Waals surface area (Å²) < 4.78 is 14.2. The molecule has 4 rings (SSSR count). The summed E-state index contributed by atoms with van der Waals surface area (Å²) in [5, 5.41) is 12.1. The van der Waals surface area contributed by atoms with Crippen molar-refractivity contribution in [2.75, 3.05) is 11.1 Å². The third kappa shape index (κ3) is 6.02. The molecule has 0 aliphatic rings. The van der Waals surface area contributed by atoms with Crippen molar-refractivity contribution in [3.05, 3.63) is 88.5 Å². The van der Waals surface area contributed by atoms with Gasteiger partial charge in [-0.25, -0.2) is 0 Å². The van der Waals surface area contributed by atoms with E-state index in [-0.39, 0.29) is 18.3 Å². The Bertz CT molecular complexity index is 1180. The standard InChI is InChI=1S/C23H21BrN4O3S/c1-16-7-9-19(10-8-16)31-14-21-26-27-23(28(21)13-20-6-3-11-30-20)32-15-22(29)25-18-5-2-4-17(24)12-18/h2-12H,13-15H2,1H3,(H,25,29). The van der Waals surface area contributed by atoms with E-state index in [1.54, 1.807) is 6.26 Å². The Kier molecular flexibility index (Phi) is 7.28. The maximum atomic E-state index is 12.4. The van der Waals surface area contributed by atoms with Crippen LogP contribution in [0.5, 0.6) is 5.75 Å². The zero-order chi connectivity index (χ0) is 22.3. The highest BCUT2D eigenvalue weighted by Gasteiger charge is 2.16. The van der Waals surface area contributed by atoms with E-state index in [9.17, 15) is 4.79 Å². The maximum absolute atomic E-state index is 12.4. The minimum Gasteiger partial charge on any atom is -0.486 e. The van der Waals surface area contributed by atoms with Gasteiger partial charge in [-0.2, -0.15) is 0 Å². The Morgan fingerprint density at radius 3 is 2.75 bits per heavy atom. The third-order valence-corrected chi connectivity index (χ3v) is 5.98. The number of amides is 1. The molecule has 0 saturated heterocycles. The first-order valence-corrected chi connectivity index (χ1v) is 11.7. The van der Waals surface area contributed by atoms with E-state index in [2.05, 4.69) is 31.4 Å². The van der Waals surface area contributed by atoms with Crippen LogP contribution in [0.15, 0.2) is 81.0 Å². The molecule has 0 saturated carbocycles. The van der Waals surface area contributed by atoms with Crippen LogP contribution < -0.4 is 10.1 Å². The Morgan fingerprint density at radius 2 is 2.00 bits per heavy atom. The number of aryl methyl sites for hydroxylation is 1. The van der Waals surface area contributed by atoms with Gasteiger partial charge in [0.25, 0.3) is 0 Å². The van der Waals surface area contributed by atoms with Crippen molar-refractivity contribution in [2.45, 2.75) is 25.2 Å². The predicted octanol–water partition coefficient (Wildman–Crippen LogP) is 5.30. The van der Waals surface area contributed by atoms with E-state index < -0.39 is 0 Å². The van der Waals surface area contributed by atoms with Crippen molar-refractivity contribution in [1.29, 1.82) is 0 Å². The average molecular weight is 513 g/mol. The molecule has 0 aliphatic heterocycles. The summed E-state index contributed by atoms with van der Waals surface area (Å²) in [6.07, 6.45) is 1.63. The smallest absolute Gasteiger partial charge is 0.234 e. The zero-order valence-corrected chi connectivity index (χ0v) is 19.7. The molecule has 0 fully saturated rings. The van der Waals surface area contributed by atoms with E-state index in [1.165, 1.54) is 11.8 Å². The lowest BCUT2D eigenvalue weighted by Gasteiger charge is -2.10. The van der Waals surface area contributed by atoms with E-state index in [0.717, 1.165) is 27.2 Å². The summed E-state index contributed by atoms with van der Waals surface area (Å²) in [7, 11) is 0. The van der Waals surface area contributed by atoms with Gasteiger partial charge in [0.15, 0.2) is 11.0 Å². The zero-order valence-electron chi connectivity index (χ0n) is 17.3. The SMILES string of the molecule is Cc1ccc(OCc2nnc(SCC(=O)Nc3cccc(Br)c3)n2Cc2ccco2)cc1. The van der Waals surface area contributed by atoms with Crippen molar-refractivity contribution >= 4 is 39.3 Å². The molecule has 2 heterocycles. The number of ether oxygens (including phenoxy) is 1. The Hall–Kier alpha value is -3.04. The number of carbonyl (C=O) groups is 1. The third-order valence-electron chi connectivity index (χ3n) is 4.52. The van der Waals surface area contributed by atoms with Gasteiger partial charge in [0, 0.05) is 10.2 Å². The molecule has 0 unspecified atom stereocenters. The summed E-state index contributed by atoms with van der Waals surface area (Å²) in [6.45, 7) is 2.73. The van der Waals surface area contributed by atoms with E-state index >= 15 is 0 Å². The van der Waals surface area contributed by atoms with Crippen LogP contribution in [0.3, 0.4) is 0 Å². The molecule has 4 aromatic rings. The summed E-state index contributed by atoms with van der Waals surface area (Å²) in [5.74, 6) is 2.24. The first-order chi connectivity index (χ1) is 15.6. The second-order valence-electron chi connectivity index (χ2n) is 7.01. The number of benzene rings is 2. The van der Waals surface area contributed by atoms with Crippen LogP contribution in [0.2, 0.25) is 0 Å². The second kappa shape index (κ2) is 10.5. The summed E-state index contributed by atoms with van der Waals surface area (Å²) in [6, 6.07) is 19.0. The molecule has 7 nitrogen and oxygen atoms in total. The lowest BCUT2D eigenvalue weighted by Crippen LogP contribution is -2.15. The van der Waals surface area contributed by atoms with Gasteiger partial charge in [-0.15, -0.1) is 10.2 Å². The number of carbonyl (C=O) groups excluding carboxylic acids is 1. The van der Waals surface area contributed by atoms with Crippen LogP contribution in [0.1, 0.15) is 17.1 Å². The molecule has 0 radical (unpaired) electrons. The monoisotopic (exact) mass is 512 g/mol. The number of furan rings is 1. The van der Waals surface area contributed by atoms with Gasteiger partial charge in [0.1, 0.15) is 18.1 Å². The van der Waals surface area contributed by atoms with Crippen molar-refractivity contribution in [3.63, 3.8) is 0 Å². The first kappa shape index (κ1) is 22.2. The molecule has 2 aromatic carbocycles. The Balaban J connectivity index is 1.44. The number of rotatable bonds is 9. The predicted molar refractivity (Wildman–Crippen MR) is 127 cm³/mol. The van der Waals surface area contributed by atoms with Crippen molar-refractivity contribution in [2.24, 2.45) is 0 Å². The number of nitrogens with zero attached hydrogens (tertiary/aromatic N) is 3. The van der Waals surface area contributed by atoms with Gasteiger partial charge >= 0.3 is 0 Å². The highest BCUT2D eigenvalue weighted by Crippen LogP contribution is 2.22. The van der Waals surface area contributed by atoms with Crippen LogP contribution in [0.4, 0.5) is 5.69 Å². The number of nitrogens with one attached hydrogen (secondary N) is 1. The molecule has 0 atom stereocenters. The topological polar surface area (TPSA) is 82.2 Å². The van der Waals surface area contributed by atoms with Gasteiger partial charge in [0.05, 0.1) is 18.6 Å². The first-order valence-electron chi connectivity index (χ1n) is 9.89. The molecule has 32 heavy (non-hydrogen) atoms. The quantitative estimate of drug-likeness (QED) is 0.306. The highest BCUT2D eigenvalue weighted by molar-refractivity contribution is 9.10. The minimum absolute atomic E-state index is 0.127. The van der Waals surface area contributed by atoms with Crippen LogP contribution in [0.25, 0.3) is 0 Å². The molecule has 0 bridgehead atoms. The molecule has 9 heteroatoms. The molecule has 1 amide bonds. The molecule has 1 N–H and O–H groups in total. The van der Waals surface area contributed by atoms with Crippen LogP contribution >= 0.6 is 27.7 Å².